The second-order valence-corrected chi connectivity index (χ2v) is 4.60. The molecule has 1 aromatic carbocycles. The van der Waals surface area contributed by atoms with Crippen molar-refractivity contribution < 1.29 is 4.79 Å². The zero-order valence-electron chi connectivity index (χ0n) is 9.49. The molecule has 0 bridgehead atoms. The van der Waals surface area contributed by atoms with Crippen molar-refractivity contribution in [3.63, 3.8) is 0 Å². The van der Waals surface area contributed by atoms with Gasteiger partial charge in [-0.25, -0.2) is 4.98 Å². The van der Waals surface area contributed by atoms with Crippen LogP contribution in [0.1, 0.15) is 35.9 Å². The van der Waals surface area contributed by atoms with Crippen molar-refractivity contribution in [2.45, 2.75) is 19.8 Å². The standard InChI is InChI=1S/C12H13ClN2O/c1-7(2)12-14-10-5-9(13)4-8(6-16)11(10)15(12)3/h4-7H,1-3H3. The Labute approximate surface area is 99.0 Å². The van der Waals surface area contributed by atoms with Gasteiger partial charge in [0.25, 0.3) is 0 Å². The van der Waals surface area contributed by atoms with Gasteiger partial charge in [0.15, 0.2) is 6.29 Å². The number of carbonyl (C=O) groups excluding carboxylic acids is 1. The van der Waals surface area contributed by atoms with Gasteiger partial charge in [-0.3, -0.25) is 4.79 Å². The Morgan fingerprint density at radius 1 is 1.44 bits per heavy atom. The fourth-order valence-corrected chi connectivity index (χ4v) is 2.20. The van der Waals surface area contributed by atoms with Gasteiger partial charge >= 0.3 is 0 Å². The van der Waals surface area contributed by atoms with Gasteiger partial charge in [-0.1, -0.05) is 25.4 Å². The van der Waals surface area contributed by atoms with E-state index in [1.807, 2.05) is 11.6 Å². The van der Waals surface area contributed by atoms with Crippen molar-refractivity contribution >= 4 is 28.9 Å². The maximum absolute atomic E-state index is 11.0. The highest BCUT2D eigenvalue weighted by Crippen LogP contribution is 2.26. The van der Waals surface area contributed by atoms with E-state index in [1.54, 1.807) is 12.1 Å². The summed E-state index contributed by atoms with van der Waals surface area (Å²) in [5.41, 5.74) is 2.22. The average Bonchev–Trinajstić information content (AvgIpc) is 2.55. The van der Waals surface area contributed by atoms with E-state index in [9.17, 15) is 4.79 Å². The lowest BCUT2D eigenvalue weighted by molar-refractivity contribution is 0.112. The van der Waals surface area contributed by atoms with Crippen molar-refractivity contribution in [2.24, 2.45) is 7.05 Å². The van der Waals surface area contributed by atoms with Gasteiger partial charge in [0.05, 0.1) is 11.0 Å². The Morgan fingerprint density at radius 2 is 2.12 bits per heavy atom. The lowest BCUT2D eigenvalue weighted by Gasteiger charge is -2.05. The quantitative estimate of drug-likeness (QED) is 0.751. The van der Waals surface area contributed by atoms with E-state index in [0.717, 1.165) is 23.1 Å². The minimum Gasteiger partial charge on any atom is -0.330 e. The second kappa shape index (κ2) is 3.91. The Bertz CT molecular complexity index is 558. The van der Waals surface area contributed by atoms with E-state index in [1.165, 1.54) is 0 Å². The van der Waals surface area contributed by atoms with Gasteiger partial charge in [-0.05, 0) is 12.1 Å². The molecule has 84 valence electrons. The highest BCUT2D eigenvalue weighted by Gasteiger charge is 2.14. The molecule has 0 N–H and O–H groups in total. The number of fused-ring (bicyclic) bond motifs is 1. The molecule has 1 heterocycles. The second-order valence-electron chi connectivity index (χ2n) is 4.16. The summed E-state index contributed by atoms with van der Waals surface area (Å²) in [5.74, 6) is 1.27. The number of halogens is 1. The summed E-state index contributed by atoms with van der Waals surface area (Å²) in [6.07, 6.45) is 0.819. The molecule has 0 spiro atoms. The molecule has 2 rings (SSSR count). The molecule has 0 amide bonds. The largest absolute Gasteiger partial charge is 0.330 e. The molecule has 0 saturated carbocycles. The number of nitrogens with zero attached hydrogens (tertiary/aromatic N) is 2. The normalized spacial score (nSPS) is 11.3. The minimum absolute atomic E-state index is 0.315. The van der Waals surface area contributed by atoms with Crippen LogP contribution in [0.25, 0.3) is 11.0 Å². The lowest BCUT2D eigenvalue weighted by atomic mass is 10.2. The van der Waals surface area contributed by atoms with Crippen molar-refractivity contribution in [2.75, 3.05) is 0 Å². The van der Waals surface area contributed by atoms with E-state index in [4.69, 9.17) is 11.6 Å². The molecule has 0 radical (unpaired) electrons. The Morgan fingerprint density at radius 3 is 2.69 bits per heavy atom. The summed E-state index contributed by atoms with van der Waals surface area (Å²) in [6.45, 7) is 4.15. The van der Waals surface area contributed by atoms with Crippen molar-refractivity contribution in [3.8, 4) is 0 Å². The molecule has 0 fully saturated rings. The summed E-state index contributed by atoms with van der Waals surface area (Å²) in [4.78, 5) is 15.5. The van der Waals surface area contributed by atoms with Gasteiger partial charge in [0, 0.05) is 23.6 Å². The summed E-state index contributed by atoms with van der Waals surface area (Å²) in [7, 11) is 1.92. The van der Waals surface area contributed by atoms with Crippen LogP contribution >= 0.6 is 11.6 Å². The number of carbonyl (C=O) groups is 1. The van der Waals surface area contributed by atoms with E-state index in [0.29, 0.717) is 16.5 Å². The van der Waals surface area contributed by atoms with E-state index in [2.05, 4.69) is 18.8 Å². The number of aldehydes is 1. The summed E-state index contributed by atoms with van der Waals surface area (Å²) in [6, 6.07) is 3.46. The van der Waals surface area contributed by atoms with Crippen LogP contribution in [0, 0.1) is 0 Å². The molecule has 2 aromatic rings. The maximum atomic E-state index is 11.0. The molecular weight excluding hydrogens is 224 g/mol. The fraction of sp³-hybridized carbons (Fsp3) is 0.333. The monoisotopic (exact) mass is 236 g/mol. The highest BCUT2D eigenvalue weighted by atomic mass is 35.5. The Kier molecular flexibility index (Phi) is 2.72. The van der Waals surface area contributed by atoms with Crippen LogP contribution in [0.2, 0.25) is 5.02 Å². The predicted octanol–water partition coefficient (Wildman–Crippen LogP) is 3.16. The third kappa shape index (κ3) is 1.61. The molecule has 0 aliphatic carbocycles. The number of rotatable bonds is 2. The molecule has 0 atom stereocenters. The summed E-state index contributed by atoms with van der Waals surface area (Å²) in [5, 5.41) is 0.544. The Hall–Kier alpha value is -1.35. The average molecular weight is 237 g/mol. The minimum atomic E-state index is 0.315. The fourth-order valence-electron chi connectivity index (χ4n) is 1.98. The van der Waals surface area contributed by atoms with E-state index in [-0.39, 0.29) is 0 Å². The van der Waals surface area contributed by atoms with Crippen LogP contribution in [0.15, 0.2) is 12.1 Å². The number of aromatic nitrogens is 2. The van der Waals surface area contributed by atoms with Crippen LogP contribution < -0.4 is 0 Å². The number of imidazole rings is 1. The van der Waals surface area contributed by atoms with Gasteiger partial charge in [0.2, 0.25) is 0 Å². The van der Waals surface area contributed by atoms with Gasteiger partial charge in [-0.2, -0.15) is 0 Å². The van der Waals surface area contributed by atoms with Crippen LogP contribution in [0.5, 0.6) is 0 Å². The molecule has 0 unspecified atom stereocenters. The third-order valence-corrected chi connectivity index (χ3v) is 2.86. The molecule has 1 aromatic heterocycles. The lowest BCUT2D eigenvalue weighted by Crippen LogP contribution is -2.00. The summed E-state index contributed by atoms with van der Waals surface area (Å²) >= 11 is 5.94. The zero-order valence-corrected chi connectivity index (χ0v) is 10.2. The van der Waals surface area contributed by atoms with Crippen LogP contribution in [0.3, 0.4) is 0 Å². The molecule has 0 saturated heterocycles. The maximum Gasteiger partial charge on any atom is 0.152 e. The zero-order chi connectivity index (χ0) is 11.9. The topological polar surface area (TPSA) is 34.9 Å². The first-order valence-corrected chi connectivity index (χ1v) is 5.53. The Balaban J connectivity index is 2.85. The van der Waals surface area contributed by atoms with E-state index >= 15 is 0 Å². The van der Waals surface area contributed by atoms with Crippen LogP contribution in [-0.4, -0.2) is 15.8 Å². The van der Waals surface area contributed by atoms with Crippen molar-refractivity contribution in [1.29, 1.82) is 0 Å². The highest BCUT2D eigenvalue weighted by molar-refractivity contribution is 6.31. The molecule has 0 aliphatic rings. The molecule has 3 nitrogen and oxygen atoms in total. The van der Waals surface area contributed by atoms with Gasteiger partial charge < -0.3 is 4.57 Å². The SMILES string of the molecule is CC(C)c1nc2cc(Cl)cc(C=O)c2n1C. The van der Waals surface area contributed by atoms with Gasteiger partial charge in [-0.15, -0.1) is 0 Å². The smallest absolute Gasteiger partial charge is 0.152 e. The van der Waals surface area contributed by atoms with Crippen LogP contribution in [-0.2, 0) is 7.05 Å². The molecule has 4 heteroatoms. The van der Waals surface area contributed by atoms with Crippen molar-refractivity contribution in [3.05, 3.63) is 28.5 Å². The third-order valence-electron chi connectivity index (χ3n) is 2.64. The first kappa shape index (κ1) is 11.1. The predicted molar refractivity (Wildman–Crippen MR) is 65.2 cm³/mol. The number of hydrogen-bond acceptors (Lipinski definition) is 2. The number of hydrogen-bond donors (Lipinski definition) is 0. The van der Waals surface area contributed by atoms with Crippen LogP contribution in [0.4, 0.5) is 0 Å². The first-order valence-electron chi connectivity index (χ1n) is 5.15. The first-order chi connectivity index (χ1) is 7.54. The molecular formula is C12H13ClN2O. The van der Waals surface area contributed by atoms with Gasteiger partial charge in [0.1, 0.15) is 5.82 Å². The molecule has 16 heavy (non-hydrogen) atoms. The molecule has 0 aliphatic heterocycles. The van der Waals surface area contributed by atoms with E-state index < -0.39 is 0 Å². The number of aryl methyl sites for hydroxylation is 1. The summed E-state index contributed by atoms with van der Waals surface area (Å²) < 4.78 is 1.96. The number of benzene rings is 1. The van der Waals surface area contributed by atoms with Crippen molar-refractivity contribution in [1.82, 2.24) is 9.55 Å².